The summed E-state index contributed by atoms with van der Waals surface area (Å²) in [5, 5.41) is 9.28. The molecule has 0 saturated carbocycles. The van der Waals surface area contributed by atoms with Gasteiger partial charge in [0.1, 0.15) is 0 Å². The Kier molecular flexibility index (Phi) is 4.94. The molecule has 3 atom stereocenters. The summed E-state index contributed by atoms with van der Waals surface area (Å²) in [6.07, 6.45) is 11.8. The molecule has 0 aromatic carbocycles. The van der Waals surface area contributed by atoms with E-state index < -0.39 is 0 Å². The lowest BCUT2D eigenvalue weighted by atomic mass is 9.84. The molecule has 0 amide bonds. The number of aromatic nitrogens is 4. The maximum atomic E-state index is 4.67. The number of aryl methyl sites for hydroxylation is 2. The van der Waals surface area contributed by atoms with Crippen molar-refractivity contribution in [3.63, 3.8) is 0 Å². The highest BCUT2D eigenvalue weighted by Gasteiger charge is 2.26. The van der Waals surface area contributed by atoms with Gasteiger partial charge < -0.3 is 0 Å². The van der Waals surface area contributed by atoms with E-state index in [4.69, 9.17) is 0 Å². The predicted octanol–water partition coefficient (Wildman–Crippen LogP) is 4.93. The molecule has 1 unspecified atom stereocenters. The normalized spacial score (nSPS) is 23.7. The van der Waals surface area contributed by atoms with Gasteiger partial charge in [0.15, 0.2) is 0 Å². The van der Waals surface area contributed by atoms with Gasteiger partial charge in [-0.05, 0) is 73.3 Å². The van der Waals surface area contributed by atoms with Gasteiger partial charge in [0, 0.05) is 24.5 Å². The molecule has 0 bridgehead atoms. The standard InChI is InChI=1S/C22H34N4/c1-15(2)19-13-23-26-10-8-18(12-22(19)26)6-5-17(4)20-14-24-25-9-7-16(3)11-21(20)25/h13-18H,5-12H2,1-4H3/t16-,17?,18+/m1/s1. The van der Waals surface area contributed by atoms with Gasteiger partial charge in [-0.25, -0.2) is 0 Å². The molecule has 26 heavy (non-hydrogen) atoms. The van der Waals surface area contributed by atoms with Crippen molar-refractivity contribution in [2.24, 2.45) is 11.8 Å². The van der Waals surface area contributed by atoms with Crippen molar-refractivity contribution < 1.29 is 0 Å². The largest absolute Gasteiger partial charge is 0.269 e. The average Bonchev–Trinajstić information content (AvgIpc) is 3.22. The number of rotatable bonds is 5. The summed E-state index contributed by atoms with van der Waals surface area (Å²) in [5.41, 5.74) is 5.99. The molecular weight excluding hydrogens is 320 g/mol. The fraction of sp³-hybridized carbons (Fsp3) is 0.727. The number of hydrogen-bond acceptors (Lipinski definition) is 2. The molecule has 0 radical (unpaired) electrons. The second-order valence-corrected chi connectivity index (χ2v) is 9.13. The van der Waals surface area contributed by atoms with Crippen LogP contribution in [0.4, 0.5) is 0 Å². The van der Waals surface area contributed by atoms with Crippen LogP contribution < -0.4 is 0 Å². The van der Waals surface area contributed by atoms with Crippen LogP contribution in [0.25, 0.3) is 0 Å². The van der Waals surface area contributed by atoms with Crippen LogP contribution in [-0.2, 0) is 25.9 Å². The SMILES string of the molecule is CC(C)c1cnn2c1C[C@@H](CCC(C)c1cnn3c1C[C@H](C)CC3)CC2. The van der Waals surface area contributed by atoms with E-state index in [0.29, 0.717) is 11.8 Å². The first-order chi connectivity index (χ1) is 12.5. The molecule has 4 heteroatoms. The van der Waals surface area contributed by atoms with E-state index in [-0.39, 0.29) is 0 Å². The second-order valence-electron chi connectivity index (χ2n) is 9.13. The van der Waals surface area contributed by atoms with E-state index in [2.05, 4.69) is 59.6 Å². The zero-order chi connectivity index (χ0) is 18.3. The molecule has 0 spiro atoms. The van der Waals surface area contributed by atoms with E-state index >= 15 is 0 Å². The third-order valence-electron chi connectivity index (χ3n) is 6.73. The third-order valence-corrected chi connectivity index (χ3v) is 6.73. The van der Waals surface area contributed by atoms with E-state index in [1.807, 2.05) is 0 Å². The van der Waals surface area contributed by atoms with Gasteiger partial charge >= 0.3 is 0 Å². The summed E-state index contributed by atoms with van der Waals surface area (Å²) in [6.45, 7) is 11.6. The zero-order valence-corrected chi connectivity index (χ0v) is 16.9. The molecule has 4 heterocycles. The summed E-state index contributed by atoms with van der Waals surface area (Å²) in [6, 6.07) is 0. The van der Waals surface area contributed by atoms with Crippen molar-refractivity contribution in [3.05, 3.63) is 34.9 Å². The van der Waals surface area contributed by atoms with Crippen LogP contribution in [0.1, 0.15) is 87.7 Å². The van der Waals surface area contributed by atoms with Crippen molar-refractivity contribution in [3.8, 4) is 0 Å². The molecule has 4 rings (SSSR count). The Morgan fingerprint density at radius 3 is 2.35 bits per heavy atom. The van der Waals surface area contributed by atoms with Crippen molar-refractivity contribution in [2.75, 3.05) is 0 Å². The Labute approximate surface area is 158 Å². The Morgan fingerprint density at radius 1 is 0.962 bits per heavy atom. The molecule has 4 nitrogen and oxygen atoms in total. The summed E-state index contributed by atoms with van der Waals surface area (Å²) in [5.74, 6) is 2.82. The van der Waals surface area contributed by atoms with Crippen LogP contribution in [0.5, 0.6) is 0 Å². The van der Waals surface area contributed by atoms with Crippen molar-refractivity contribution in [1.82, 2.24) is 19.6 Å². The first kappa shape index (κ1) is 17.8. The fourth-order valence-corrected chi connectivity index (χ4v) is 4.92. The first-order valence-electron chi connectivity index (χ1n) is 10.6. The Hall–Kier alpha value is -1.58. The highest BCUT2D eigenvalue weighted by atomic mass is 15.3. The van der Waals surface area contributed by atoms with Gasteiger partial charge in [-0.15, -0.1) is 0 Å². The maximum Gasteiger partial charge on any atom is 0.0527 e. The molecule has 0 aliphatic carbocycles. The summed E-state index contributed by atoms with van der Waals surface area (Å²) < 4.78 is 4.52. The number of nitrogens with zero attached hydrogens (tertiary/aromatic N) is 4. The van der Waals surface area contributed by atoms with Gasteiger partial charge in [-0.3, -0.25) is 9.36 Å². The van der Waals surface area contributed by atoms with Crippen LogP contribution in [0.2, 0.25) is 0 Å². The minimum absolute atomic E-state index is 0.581. The number of hydrogen-bond donors (Lipinski definition) is 0. The summed E-state index contributed by atoms with van der Waals surface area (Å²) in [7, 11) is 0. The first-order valence-corrected chi connectivity index (χ1v) is 10.6. The molecule has 142 valence electrons. The van der Waals surface area contributed by atoms with Crippen LogP contribution in [0, 0.1) is 11.8 Å². The topological polar surface area (TPSA) is 35.6 Å². The lowest BCUT2D eigenvalue weighted by molar-refractivity contribution is 0.333. The third kappa shape index (κ3) is 3.35. The molecule has 0 fully saturated rings. The van der Waals surface area contributed by atoms with Crippen LogP contribution in [0.3, 0.4) is 0 Å². The Morgan fingerprint density at radius 2 is 1.62 bits per heavy atom. The lowest BCUT2D eigenvalue weighted by Gasteiger charge is -2.26. The smallest absolute Gasteiger partial charge is 0.0527 e. The average molecular weight is 355 g/mol. The summed E-state index contributed by atoms with van der Waals surface area (Å²) in [4.78, 5) is 0. The summed E-state index contributed by atoms with van der Waals surface area (Å²) >= 11 is 0. The van der Waals surface area contributed by atoms with Gasteiger partial charge in [0.25, 0.3) is 0 Å². The van der Waals surface area contributed by atoms with Crippen LogP contribution in [0.15, 0.2) is 12.4 Å². The van der Waals surface area contributed by atoms with Crippen molar-refractivity contribution >= 4 is 0 Å². The molecule has 2 aliphatic rings. The predicted molar refractivity (Wildman–Crippen MR) is 105 cm³/mol. The van der Waals surface area contributed by atoms with Crippen molar-refractivity contribution in [2.45, 2.75) is 91.1 Å². The van der Waals surface area contributed by atoms with Crippen LogP contribution in [-0.4, -0.2) is 19.6 Å². The van der Waals surface area contributed by atoms with Gasteiger partial charge in [-0.1, -0.05) is 27.7 Å². The van der Waals surface area contributed by atoms with E-state index in [9.17, 15) is 0 Å². The maximum absolute atomic E-state index is 4.67. The van der Waals surface area contributed by atoms with E-state index in [1.54, 1.807) is 0 Å². The van der Waals surface area contributed by atoms with E-state index in [1.165, 1.54) is 61.0 Å². The highest BCUT2D eigenvalue weighted by Crippen LogP contribution is 2.34. The number of fused-ring (bicyclic) bond motifs is 2. The zero-order valence-electron chi connectivity index (χ0n) is 16.9. The van der Waals surface area contributed by atoms with Crippen molar-refractivity contribution in [1.29, 1.82) is 0 Å². The molecule has 2 aromatic rings. The van der Waals surface area contributed by atoms with Crippen LogP contribution >= 0.6 is 0 Å². The minimum Gasteiger partial charge on any atom is -0.269 e. The molecule has 2 aliphatic heterocycles. The Bertz CT molecular complexity index is 754. The Balaban J connectivity index is 1.39. The second kappa shape index (κ2) is 7.21. The lowest BCUT2D eigenvalue weighted by Crippen LogP contribution is -2.21. The highest BCUT2D eigenvalue weighted by molar-refractivity contribution is 5.24. The molecule has 0 saturated heterocycles. The molecular formula is C22H34N4. The van der Waals surface area contributed by atoms with Gasteiger partial charge in [0.05, 0.1) is 12.4 Å². The fourth-order valence-electron chi connectivity index (χ4n) is 4.92. The van der Waals surface area contributed by atoms with Gasteiger partial charge in [0.2, 0.25) is 0 Å². The molecule has 2 aromatic heterocycles. The minimum atomic E-state index is 0.581. The van der Waals surface area contributed by atoms with E-state index in [0.717, 1.165) is 24.9 Å². The van der Waals surface area contributed by atoms with Gasteiger partial charge in [-0.2, -0.15) is 10.2 Å². The quantitative estimate of drug-likeness (QED) is 0.763. The monoisotopic (exact) mass is 354 g/mol. The molecule has 0 N–H and O–H groups in total.